The lowest BCUT2D eigenvalue weighted by atomic mass is 9.94. The van der Waals surface area contributed by atoms with Gasteiger partial charge in [-0.15, -0.1) is 0 Å². The molecule has 3 aromatic carbocycles. The summed E-state index contributed by atoms with van der Waals surface area (Å²) in [7, 11) is 1.91. The fraction of sp³-hybridized carbons (Fsp3) is 0.200. The van der Waals surface area contributed by atoms with Gasteiger partial charge in [0.2, 0.25) is 0 Å². The number of aromatic nitrogens is 1. The fourth-order valence-corrected chi connectivity index (χ4v) is 4.84. The van der Waals surface area contributed by atoms with Gasteiger partial charge in [-0.2, -0.15) is 0 Å². The molecule has 0 saturated carbocycles. The number of aryl methyl sites for hydroxylation is 1. The number of anilines is 1. The van der Waals surface area contributed by atoms with Crippen molar-refractivity contribution in [2.24, 2.45) is 13.0 Å². The van der Waals surface area contributed by atoms with E-state index in [9.17, 15) is 14.7 Å². The molecule has 0 spiro atoms. The molecule has 37 heavy (non-hydrogen) atoms. The zero-order valence-electron chi connectivity index (χ0n) is 20.8. The molecule has 6 nitrogen and oxygen atoms in total. The van der Waals surface area contributed by atoms with Crippen LogP contribution in [0.1, 0.15) is 31.0 Å². The lowest BCUT2D eigenvalue weighted by Gasteiger charge is -2.25. The molecular weight excluding hydrogens is 488 g/mol. The number of hydrogen-bond donors (Lipinski definition) is 1. The SMILES string of the molecule is CC(C)COc1ccc(/C(O)=C2\C(=O)C(=O)N(c3ccc(Cl)cc3)C2c2cn(C)c3ccccc23)cc1. The smallest absolute Gasteiger partial charge is 0.300 e. The minimum absolute atomic E-state index is 0.0344. The lowest BCUT2D eigenvalue weighted by Crippen LogP contribution is -2.29. The number of carbonyl (C=O) groups excluding carboxylic acids is 2. The van der Waals surface area contributed by atoms with E-state index in [4.69, 9.17) is 16.3 Å². The average molecular weight is 515 g/mol. The molecule has 188 valence electrons. The predicted molar refractivity (Wildman–Crippen MR) is 146 cm³/mol. The van der Waals surface area contributed by atoms with E-state index in [0.717, 1.165) is 16.5 Å². The van der Waals surface area contributed by atoms with Crippen molar-refractivity contribution in [1.29, 1.82) is 0 Å². The number of ether oxygens (including phenoxy) is 1. The highest BCUT2D eigenvalue weighted by molar-refractivity contribution is 6.52. The summed E-state index contributed by atoms with van der Waals surface area (Å²) in [5.41, 5.74) is 2.67. The monoisotopic (exact) mass is 514 g/mol. The Morgan fingerprint density at radius 1 is 1.00 bits per heavy atom. The standard InChI is InChI=1S/C30H27ClN2O4/c1-18(2)17-37-22-14-8-19(9-15-22)28(34)26-27(24-16-32(3)25-7-5-4-6-23(24)25)33(30(36)29(26)35)21-12-10-20(31)11-13-21/h4-16,18,27,34H,17H2,1-3H3/b28-26+. The summed E-state index contributed by atoms with van der Waals surface area (Å²) in [6, 6.07) is 20.6. The summed E-state index contributed by atoms with van der Waals surface area (Å²) in [6.07, 6.45) is 1.90. The van der Waals surface area contributed by atoms with Crippen LogP contribution in [0.15, 0.2) is 84.6 Å². The van der Waals surface area contributed by atoms with Crippen LogP contribution in [0.2, 0.25) is 5.02 Å². The summed E-state index contributed by atoms with van der Waals surface area (Å²) in [4.78, 5) is 28.3. The number of amides is 1. The lowest BCUT2D eigenvalue weighted by molar-refractivity contribution is -0.132. The van der Waals surface area contributed by atoms with Gasteiger partial charge in [0.1, 0.15) is 11.5 Å². The Bertz CT molecular complexity index is 1520. The molecule has 1 fully saturated rings. The minimum Gasteiger partial charge on any atom is -0.507 e. The van der Waals surface area contributed by atoms with E-state index in [1.807, 2.05) is 42.1 Å². The molecule has 2 heterocycles. The van der Waals surface area contributed by atoms with Crippen molar-refractivity contribution >= 4 is 45.6 Å². The van der Waals surface area contributed by atoms with E-state index in [2.05, 4.69) is 13.8 Å². The molecule has 1 aromatic heterocycles. The Morgan fingerprint density at radius 3 is 2.35 bits per heavy atom. The first kappa shape index (κ1) is 24.7. The summed E-state index contributed by atoms with van der Waals surface area (Å²) < 4.78 is 7.70. The number of rotatable bonds is 6. The van der Waals surface area contributed by atoms with E-state index in [0.29, 0.717) is 34.5 Å². The van der Waals surface area contributed by atoms with Crippen LogP contribution in [0, 0.1) is 5.92 Å². The summed E-state index contributed by atoms with van der Waals surface area (Å²) >= 11 is 6.10. The summed E-state index contributed by atoms with van der Waals surface area (Å²) in [6.45, 7) is 4.69. The highest BCUT2D eigenvalue weighted by atomic mass is 35.5. The Labute approximate surface area is 220 Å². The second-order valence-electron chi connectivity index (χ2n) is 9.59. The minimum atomic E-state index is -0.829. The number of halogens is 1. The van der Waals surface area contributed by atoms with Crippen LogP contribution in [0.5, 0.6) is 5.75 Å². The number of hydrogen-bond acceptors (Lipinski definition) is 4. The first-order valence-corrected chi connectivity index (χ1v) is 12.5. The van der Waals surface area contributed by atoms with Gasteiger partial charge in [0, 0.05) is 46.0 Å². The average Bonchev–Trinajstić information content (AvgIpc) is 3.36. The maximum atomic E-state index is 13.5. The van der Waals surface area contributed by atoms with Crippen LogP contribution < -0.4 is 9.64 Å². The van der Waals surface area contributed by atoms with Crippen LogP contribution in [0.25, 0.3) is 16.7 Å². The van der Waals surface area contributed by atoms with Crippen LogP contribution in [-0.2, 0) is 16.6 Å². The molecule has 1 amide bonds. The van der Waals surface area contributed by atoms with Crippen molar-refractivity contribution < 1.29 is 19.4 Å². The molecule has 1 N–H and O–H groups in total. The van der Waals surface area contributed by atoms with E-state index in [-0.39, 0.29) is 11.3 Å². The van der Waals surface area contributed by atoms with Gasteiger partial charge < -0.3 is 14.4 Å². The van der Waals surface area contributed by atoms with Crippen molar-refractivity contribution in [3.63, 3.8) is 0 Å². The second kappa shape index (κ2) is 9.79. The number of carbonyl (C=O) groups is 2. The Hall–Kier alpha value is -4.03. The first-order valence-electron chi connectivity index (χ1n) is 12.1. The van der Waals surface area contributed by atoms with Crippen molar-refractivity contribution in [3.8, 4) is 5.75 Å². The van der Waals surface area contributed by atoms with Crippen LogP contribution in [0.4, 0.5) is 5.69 Å². The van der Waals surface area contributed by atoms with Crippen LogP contribution in [-0.4, -0.2) is 28.0 Å². The number of aliphatic hydroxyl groups is 1. The molecule has 0 radical (unpaired) electrons. The third-order valence-electron chi connectivity index (χ3n) is 6.48. The highest BCUT2D eigenvalue weighted by Crippen LogP contribution is 2.44. The molecule has 5 rings (SSSR count). The molecule has 1 atom stereocenters. The normalized spacial score (nSPS) is 17.2. The van der Waals surface area contributed by atoms with E-state index in [1.165, 1.54) is 4.90 Å². The van der Waals surface area contributed by atoms with Gasteiger partial charge in [0.25, 0.3) is 11.7 Å². The number of aliphatic hydroxyl groups excluding tert-OH is 1. The molecule has 1 saturated heterocycles. The highest BCUT2D eigenvalue weighted by Gasteiger charge is 2.47. The van der Waals surface area contributed by atoms with Crippen molar-refractivity contribution in [1.82, 2.24) is 4.57 Å². The van der Waals surface area contributed by atoms with Gasteiger partial charge >= 0.3 is 0 Å². The fourth-order valence-electron chi connectivity index (χ4n) is 4.71. The molecule has 1 unspecified atom stereocenters. The van der Waals surface area contributed by atoms with E-state index in [1.54, 1.807) is 48.5 Å². The third-order valence-corrected chi connectivity index (χ3v) is 6.73. The number of fused-ring (bicyclic) bond motifs is 1. The Balaban J connectivity index is 1.68. The zero-order valence-corrected chi connectivity index (χ0v) is 21.6. The third kappa shape index (κ3) is 4.49. The molecule has 7 heteroatoms. The van der Waals surface area contributed by atoms with Gasteiger partial charge in [0.05, 0.1) is 18.2 Å². The molecule has 1 aliphatic rings. The van der Waals surface area contributed by atoms with Crippen molar-refractivity contribution in [2.45, 2.75) is 19.9 Å². The Kier molecular flexibility index (Phi) is 6.52. The molecular formula is C30H27ClN2O4. The number of para-hydroxylation sites is 1. The van der Waals surface area contributed by atoms with E-state index < -0.39 is 17.7 Å². The topological polar surface area (TPSA) is 71.8 Å². The maximum absolute atomic E-state index is 13.5. The predicted octanol–water partition coefficient (Wildman–Crippen LogP) is 6.49. The van der Waals surface area contributed by atoms with Gasteiger partial charge in [0.15, 0.2) is 0 Å². The zero-order chi connectivity index (χ0) is 26.3. The molecule has 1 aliphatic heterocycles. The van der Waals surface area contributed by atoms with E-state index >= 15 is 0 Å². The first-order chi connectivity index (χ1) is 17.8. The summed E-state index contributed by atoms with van der Waals surface area (Å²) in [5.74, 6) is -0.650. The van der Waals surface area contributed by atoms with Gasteiger partial charge in [-0.1, -0.05) is 43.6 Å². The second-order valence-corrected chi connectivity index (χ2v) is 10.0. The van der Waals surface area contributed by atoms with Crippen LogP contribution in [0.3, 0.4) is 0 Å². The van der Waals surface area contributed by atoms with Gasteiger partial charge in [-0.3, -0.25) is 14.5 Å². The van der Waals surface area contributed by atoms with Crippen molar-refractivity contribution in [3.05, 3.63) is 101 Å². The maximum Gasteiger partial charge on any atom is 0.300 e. The summed E-state index contributed by atoms with van der Waals surface area (Å²) in [5, 5.41) is 12.9. The number of nitrogens with zero attached hydrogens (tertiary/aromatic N) is 2. The number of benzene rings is 3. The van der Waals surface area contributed by atoms with Gasteiger partial charge in [-0.25, -0.2) is 0 Å². The molecule has 0 bridgehead atoms. The number of ketones is 1. The quantitative estimate of drug-likeness (QED) is 0.181. The van der Waals surface area contributed by atoms with Crippen LogP contribution >= 0.6 is 11.6 Å². The molecule has 0 aliphatic carbocycles. The largest absolute Gasteiger partial charge is 0.507 e. The number of Topliss-reactive ketones (excluding diaryl/α,β-unsaturated/α-hetero) is 1. The Morgan fingerprint density at radius 2 is 1.68 bits per heavy atom. The van der Waals surface area contributed by atoms with Crippen molar-refractivity contribution in [2.75, 3.05) is 11.5 Å². The molecule has 4 aromatic rings. The van der Waals surface area contributed by atoms with Gasteiger partial charge in [-0.05, 0) is 60.5 Å².